The number of carbonyl (C=O) groups excluding carboxylic acids is 1. The number of alkyl halides is 6. The maximum atomic E-state index is 13.3. The van der Waals surface area contributed by atoms with Crippen LogP contribution in [0.15, 0.2) is 36.8 Å². The van der Waals surface area contributed by atoms with E-state index < -0.39 is 35.3 Å². The van der Waals surface area contributed by atoms with E-state index in [-0.39, 0.29) is 29.9 Å². The third kappa shape index (κ3) is 6.69. The number of aromatic nitrogens is 4. The van der Waals surface area contributed by atoms with Crippen molar-refractivity contribution >= 4 is 23.6 Å². The number of amides is 1. The Morgan fingerprint density at radius 3 is 2.08 bits per heavy atom. The molecule has 0 bridgehead atoms. The van der Waals surface area contributed by atoms with Crippen molar-refractivity contribution in [1.29, 1.82) is 0 Å². The average Bonchev–Trinajstić information content (AvgIpc) is 3.25. The first-order chi connectivity index (χ1) is 17.8. The molecular weight excluding hydrogens is 523 g/mol. The van der Waals surface area contributed by atoms with Gasteiger partial charge < -0.3 is 16.0 Å². The van der Waals surface area contributed by atoms with Crippen molar-refractivity contribution in [2.24, 2.45) is 7.05 Å². The molecule has 0 spiro atoms. The lowest BCUT2D eigenvalue weighted by Gasteiger charge is -2.29. The van der Waals surface area contributed by atoms with Crippen molar-refractivity contribution in [3.05, 3.63) is 47.9 Å². The van der Waals surface area contributed by atoms with Gasteiger partial charge in [-0.25, -0.2) is 9.78 Å². The minimum Gasteiger partial charge on any atom is -0.367 e. The smallest absolute Gasteiger partial charge is 0.367 e. The molecule has 4 rings (SSSR count). The highest BCUT2D eigenvalue weighted by Gasteiger charge is 2.37. The Labute approximate surface area is 211 Å². The van der Waals surface area contributed by atoms with E-state index in [2.05, 4.69) is 31.0 Å². The number of benzene rings is 1. The summed E-state index contributed by atoms with van der Waals surface area (Å²) >= 11 is 0. The second kappa shape index (κ2) is 10.5. The Balaban J connectivity index is 1.63. The third-order valence-electron chi connectivity index (χ3n) is 6.03. The fraction of sp³-hybridized carbons (Fsp3) is 0.391. The highest BCUT2D eigenvalue weighted by atomic mass is 19.4. The maximum absolute atomic E-state index is 13.3. The number of aryl methyl sites for hydroxylation is 1. The number of rotatable bonds is 6. The molecule has 1 amide bonds. The van der Waals surface area contributed by atoms with Crippen LogP contribution in [0.3, 0.4) is 0 Å². The SMILES string of the molecule is Cn1cc(-c2cnc(Nc3cc(C(F)(F)F)cc(C(F)(F)F)c3)nc2NC2CCC(NC(=O)F)CC2)cn1. The van der Waals surface area contributed by atoms with Crippen molar-refractivity contribution in [2.75, 3.05) is 10.6 Å². The number of hydrogen-bond acceptors (Lipinski definition) is 6. The Morgan fingerprint density at radius 1 is 0.947 bits per heavy atom. The second-order valence-electron chi connectivity index (χ2n) is 8.89. The van der Waals surface area contributed by atoms with E-state index in [0.29, 0.717) is 48.9 Å². The molecule has 1 aromatic carbocycles. The van der Waals surface area contributed by atoms with Gasteiger partial charge in [0.05, 0.1) is 17.3 Å². The molecule has 0 saturated heterocycles. The lowest BCUT2D eigenvalue weighted by Crippen LogP contribution is -2.38. The fourth-order valence-electron chi connectivity index (χ4n) is 4.22. The molecule has 3 aromatic rings. The summed E-state index contributed by atoms with van der Waals surface area (Å²) in [5, 5.41) is 12.0. The fourth-order valence-corrected chi connectivity index (χ4v) is 4.22. The predicted molar refractivity (Wildman–Crippen MR) is 123 cm³/mol. The van der Waals surface area contributed by atoms with Crippen molar-refractivity contribution in [3.63, 3.8) is 0 Å². The number of carbonyl (C=O) groups is 1. The van der Waals surface area contributed by atoms with Gasteiger partial charge in [-0.2, -0.15) is 36.4 Å². The third-order valence-corrected chi connectivity index (χ3v) is 6.03. The first-order valence-corrected chi connectivity index (χ1v) is 11.4. The lowest BCUT2D eigenvalue weighted by molar-refractivity contribution is -0.143. The van der Waals surface area contributed by atoms with Crippen LogP contribution in [0.4, 0.5) is 53.0 Å². The number of nitrogens with one attached hydrogen (secondary N) is 3. The van der Waals surface area contributed by atoms with E-state index >= 15 is 0 Å². The zero-order chi connectivity index (χ0) is 27.7. The van der Waals surface area contributed by atoms with Crippen LogP contribution in [0.1, 0.15) is 36.8 Å². The largest absolute Gasteiger partial charge is 0.416 e. The van der Waals surface area contributed by atoms with Gasteiger partial charge in [-0.3, -0.25) is 4.68 Å². The highest BCUT2D eigenvalue weighted by molar-refractivity contribution is 5.75. The number of nitrogens with zero attached hydrogens (tertiary/aromatic N) is 4. The standard InChI is InChI=1S/C23H22F7N7O/c1-37-11-12(9-32-37)18-10-31-21(36-19(18)33-15-2-4-16(5-3-15)34-20(24)38)35-17-7-13(22(25,26)27)6-14(8-17)23(28,29)30/h6-11,15-16H,2-5H2,1H3,(H,34,38)(H2,31,33,35,36). The number of halogens is 7. The zero-order valence-electron chi connectivity index (χ0n) is 19.8. The Kier molecular flexibility index (Phi) is 7.47. The van der Waals surface area contributed by atoms with Crippen LogP contribution in [-0.4, -0.2) is 38.0 Å². The normalized spacial score (nSPS) is 18.2. The molecule has 0 aliphatic heterocycles. The van der Waals surface area contributed by atoms with Crippen LogP contribution in [-0.2, 0) is 19.4 Å². The molecule has 1 saturated carbocycles. The van der Waals surface area contributed by atoms with Gasteiger partial charge in [0, 0.05) is 48.3 Å². The molecule has 0 atom stereocenters. The highest BCUT2D eigenvalue weighted by Crippen LogP contribution is 2.38. The second-order valence-corrected chi connectivity index (χ2v) is 8.89. The minimum absolute atomic E-state index is 0.0339. The molecule has 3 N–H and O–H groups in total. The average molecular weight is 545 g/mol. The number of hydrogen-bond donors (Lipinski definition) is 3. The molecule has 1 aliphatic rings. The summed E-state index contributed by atoms with van der Waals surface area (Å²) in [6.45, 7) is 0. The van der Waals surface area contributed by atoms with Gasteiger partial charge in [0.2, 0.25) is 5.95 Å². The summed E-state index contributed by atoms with van der Waals surface area (Å²) in [6.07, 6.45) is -4.91. The van der Waals surface area contributed by atoms with E-state index in [1.807, 2.05) is 0 Å². The summed E-state index contributed by atoms with van der Waals surface area (Å²) in [5.74, 6) is 0.0439. The monoisotopic (exact) mass is 545 g/mol. The molecule has 2 heterocycles. The topological polar surface area (TPSA) is 96.8 Å². The lowest BCUT2D eigenvalue weighted by atomic mass is 9.91. The number of anilines is 3. The molecule has 1 fully saturated rings. The zero-order valence-corrected chi connectivity index (χ0v) is 19.8. The molecule has 15 heteroatoms. The maximum Gasteiger partial charge on any atom is 0.416 e. The molecule has 0 unspecified atom stereocenters. The van der Waals surface area contributed by atoms with Crippen molar-refractivity contribution in [3.8, 4) is 11.1 Å². The van der Waals surface area contributed by atoms with Gasteiger partial charge in [0.25, 0.3) is 0 Å². The van der Waals surface area contributed by atoms with Gasteiger partial charge in [0.1, 0.15) is 5.82 Å². The van der Waals surface area contributed by atoms with Crippen molar-refractivity contribution < 1.29 is 35.5 Å². The van der Waals surface area contributed by atoms with E-state index in [9.17, 15) is 35.5 Å². The van der Waals surface area contributed by atoms with Crippen molar-refractivity contribution in [1.82, 2.24) is 25.1 Å². The first-order valence-electron chi connectivity index (χ1n) is 11.4. The van der Waals surface area contributed by atoms with E-state index in [4.69, 9.17) is 0 Å². The molecule has 1 aliphatic carbocycles. The van der Waals surface area contributed by atoms with Gasteiger partial charge in [-0.15, -0.1) is 4.39 Å². The van der Waals surface area contributed by atoms with Gasteiger partial charge in [-0.1, -0.05) is 0 Å². The van der Waals surface area contributed by atoms with Crippen LogP contribution >= 0.6 is 0 Å². The predicted octanol–water partition coefficient (Wildman–Crippen LogP) is 6.06. The van der Waals surface area contributed by atoms with Crippen LogP contribution in [0.25, 0.3) is 11.1 Å². The van der Waals surface area contributed by atoms with E-state index in [1.165, 1.54) is 10.9 Å². The van der Waals surface area contributed by atoms with E-state index in [0.717, 1.165) is 0 Å². The Morgan fingerprint density at radius 2 is 1.55 bits per heavy atom. The van der Waals surface area contributed by atoms with Gasteiger partial charge in [-0.05, 0) is 43.9 Å². The summed E-state index contributed by atoms with van der Waals surface area (Å²) < 4.78 is 93.7. The minimum atomic E-state index is -5.00. The molecule has 2 aromatic heterocycles. The molecule has 204 valence electrons. The Bertz CT molecular complexity index is 1270. The summed E-state index contributed by atoms with van der Waals surface area (Å²) in [7, 11) is 1.69. The van der Waals surface area contributed by atoms with Gasteiger partial charge >= 0.3 is 18.5 Å². The molecule has 8 nitrogen and oxygen atoms in total. The Hall–Kier alpha value is -3.91. The first kappa shape index (κ1) is 27.1. The quantitative estimate of drug-likeness (QED) is 0.198. The van der Waals surface area contributed by atoms with E-state index in [1.54, 1.807) is 19.4 Å². The summed E-state index contributed by atoms with van der Waals surface area (Å²) in [4.78, 5) is 19.1. The summed E-state index contributed by atoms with van der Waals surface area (Å²) in [6, 6.07) is 0.662. The molecule has 0 radical (unpaired) electrons. The van der Waals surface area contributed by atoms with Crippen LogP contribution in [0, 0.1) is 0 Å². The molecular formula is C23H22F7N7O. The van der Waals surface area contributed by atoms with Crippen LogP contribution in [0.2, 0.25) is 0 Å². The van der Waals surface area contributed by atoms with Crippen molar-refractivity contribution in [2.45, 2.75) is 50.1 Å². The summed E-state index contributed by atoms with van der Waals surface area (Å²) in [5.41, 5.74) is -2.31. The van der Waals surface area contributed by atoms with Crippen LogP contribution < -0.4 is 16.0 Å². The van der Waals surface area contributed by atoms with Gasteiger partial charge in [0.15, 0.2) is 0 Å². The van der Waals surface area contributed by atoms with Crippen LogP contribution in [0.5, 0.6) is 0 Å². The molecule has 38 heavy (non-hydrogen) atoms.